The highest BCUT2D eigenvalue weighted by Crippen LogP contribution is 2.50. The summed E-state index contributed by atoms with van der Waals surface area (Å²) in [5.41, 5.74) is 2.02. The average Bonchev–Trinajstić information content (AvgIpc) is 3.37. The summed E-state index contributed by atoms with van der Waals surface area (Å²) in [6, 6.07) is 5.73. The van der Waals surface area contributed by atoms with Crippen molar-refractivity contribution in [2.24, 2.45) is 4.99 Å². The lowest BCUT2D eigenvalue weighted by Gasteiger charge is -2.27. The van der Waals surface area contributed by atoms with E-state index < -0.39 is 0 Å². The van der Waals surface area contributed by atoms with Crippen LogP contribution >= 0.6 is 11.8 Å². The van der Waals surface area contributed by atoms with Crippen LogP contribution in [0.5, 0.6) is 0 Å². The summed E-state index contributed by atoms with van der Waals surface area (Å²) < 4.78 is 0.356. The third-order valence-electron chi connectivity index (χ3n) is 6.16. The van der Waals surface area contributed by atoms with Crippen LogP contribution < -0.4 is 0 Å². The lowest BCUT2D eigenvalue weighted by atomic mass is 10.1. The van der Waals surface area contributed by atoms with E-state index in [4.69, 9.17) is 4.99 Å². The molecule has 140 valence electrons. The van der Waals surface area contributed by atoms with Crippen LogP contribution in [0.15, 0.2) is 23.2 Å². The second-order valence-electron chi connectivity index (χ2n) is 7.88. The van der Waals surface area contributed by atoms with E-state index >= 15 is 0 Å². The van der Waals surface area contributed by atoms with Crippen molar-refractivity contribution >= 4 is 28.3 Å². The van der Waals surface area contributed by atoms with Crippen molar-refractivity contribution < 1.29 is 4.92 Å². The molecule has 6 heteroatoms. The lowest BCUT2D eigenvalue weighted by molar-refractivity contribution is -0.384. The van der Waals surface area contributed by atoms with Gasteiger partial charge in [0, 0.05) is 29.5 Å². The number of rotatable bonds is 4. The second kappa shape index (κ2) is 7.22. The zero-order chi connectivity index (χ0) is 18.1. The largest absolute Gasteiger partial charge is 0.347 e. The van der Waals surface area contributed by atoms with E-state index in [2.05, 4.69) is 4.90 Å². The average molecular weight is 374 g/mol. The summed E-state index contributed by atoms with van der Waals surface area (Å²) in [5.74, 6) is 0. The van der Waals surface area contributed by atoms with Crippen molar-refractivity contribution in [1.29, 1.82) is 0 Å². The van der Waals surface area contributed by atoms with Gasteiger partial charge in [-0.15, -0.1) is 0 Å². The number of benzene rings is 1. The van der Waals surface area contributed by atoms with Crippen LogP contribution in [0.2, 0.25) is 0 Å². The molecule has 5 nitrogen and oxygen atoms in total. The number of amidine groups is 1. The van der Waals surface area contributed by atoms with Gasteiger partial charge in [-0.2, -0.15) is 0 Å². The Hall–Kier alpha value is -1.56. The molecule has 4 rings (SSSR count). The Balaban J connectivity index is 1.68. The maximum absolute atomic E-state index is 11.1. The van der Waals surface area contributed by atoms with Crippen molar-refractivity contribution in [1.82, 2.24) is 4.90 Å². The molecule has 1 spiro atoms. The summed E-state index contributed by atoms with van der Waals surface area (Å²) in [4.78, 5) is 18.4. The summed E-state index contributed by atoms with van der Waals surface area (Å²) in [7, 11) is 0. The Morgan fingerprint density at radius 3 is 2.65 bits per heavy atom. The number of hydrogen-bond acceptors (Lipinski definition) is 4. The Bertz CT molecular complexity index is 722. The number of nitro benzene ring substituents is 1. The van der Waals surface area contributed by atoms with Gasteiger partial charge in [-0.25, -0.2) is 4.99 Å². The van der Waals surface area contributed by atoms with Crippen LogP contribution in [0.25, 0.3) is 0 Å². The summed E-state index contributed by atoms with van der Waals surface area (Å²) in [6.07, 6.45) is 11.2. The van der Waals surface area contributed by atoms with E-state index in [-0.39, 0.29) is 10.6 Å². The fourth-order valence-electron chi connectivity index (χ4n) is 4.71. The molecule has 2 saturated carbocycles. The van der Waals surface area contributed by atoms with Crippen LogP contribution in [0.4, 0.5) is 11.4 Å². The second-order valence-corrected chi connectivity index (χ2v) is 9.31. The topological polar surface area (TPSA) is 58.7 Å². The monoisotopic (exact) mass is 373 g/mol. The van der Waals surface area contributed by atoms with E-state index in [0.717, 1.165) is 29.4 Å². The molecule has 26 heavy (non-hydrogen) atoms. The Morgan fingerprint density at radius 1 is 1.27 bits per heavy atom. The van der Waals surface area contributed by atoms with Crippen molar-refractivity contribution in [3.8, 4) is 0 Å². The molecule has 1 heterocycles. The van der Waals surface area contributed by atoms with Gasteiger partial charge in [0.05, 0.1) is 10.6 Å². The van der Waals surface area contributed by atoms with E-state index in [1.165, 1.54) is 51.4 Å². The molecule has 0 N–H and O–H groups in total. The Labute approximate surface area is 159 Å². The van der Waals surface area contributed by atoms with E-state index in [1.54, 1.807) is 12.1 Å². The van der Waals surface area contributed by atoms with Gasteiger partial charge in [0.15, 0.2) is 5.17 Å². The molecule has 0 aromatic heterocycles. The van der Waals surface area contributed by atoms with Gasteiger partial charge in [-0.1, -0.05) is 44.4 Å². The van der Waals surface area contributed by atoms with Crippen LogP contribution in [0, 0.1) is 10.1 Å². The third kappa shape index (κ3) is 3.36. The van der Waals surface area contributed by atoms with Crippen molar-refractivity contribution in [3.63, 3.8) is 0 Å². The molecular weight excluding hydrogens is 346 g/mol. The first-order chi connectivity index (χ1) is 12.6. The molecular formula is C20H27N3O2S. The number of hydrogen-bond donors (Lipinski definition) is 0. The van der Waals surface area contributed by atoms with Crippen molar-refractivity contribution in [2.45, 2.75) is 75.5 Å². The minimum atomic E-state index is -0.321. The first-order valence-corrected chi connectivity index (χ1v) is 10.7. The number of thioether (sulfide) groups is 1. The third-order valence-corrected chi connectivity index (χ3v) is 7.64. The number of aryl methyl sites for hydroxylation is 1. The van der Waals surface area contributed by atoms with Gasteiger partial charge in [0.25, 0.3) is 5.69 Å². The zero-order valence-electron chi connectivity index (χ0n) is 15.4. The highest BCUT2D eigenvalue weighted by Gasteiger charge is 2.46. The number of aliphatic imine (C=N–C) groups is 1. The van der Waals surface area contributed by atoms with E-state index in [0.29, 0.717) is 10.8 Å². The molecule has 0 atom stereocenters. The highest BCUT2D eigenvalue weighted by molar-refractivity contribution is 8.15. The van der Waals surface area contributed by atoms with Gasteiger partial charge < -0.3 is 4.90 Å². The van der Waals surface area contributed by atoms with E-state index in [1.807, 2.05) is 24.8 Å². The Morgan fingerprint density at radius 2 is 2.00 bits per heavy atom. The van der Waals surface area contributed by atoms with Crippen LogP contribution in [-0.4, -0.2) is 32.3 Å². The first-order valence-electron chi connectivity index (χ1n) is 9.92. The maximum Gasteiger partial charge on any atom is 0.269 e. The van der Waals surface area contributed by atoms with Crippen molar-refractivity contribution in [2.75, 3.05) is 6.54 Å². The molecule has 1 aliphatic heterocycles. The molecule has 3 fully saturated rings. The van der Waals surface area contributed by atoms with Gasteiger partial charge >= 0.3 is 0 Å². The summed E-state index contributed by atoms with van der Waals surface area (Å²) in [6.45, 7) is 3.17. The van der Waals surface area contributed by atoms with Gasteiger partial charge in [-0.05, 0) is 43.7 Å². The van der Waals surface area contributed by atoms with E-state index in [9.17, 15) is 10.1 Å². The lowest BCUT2D eigenvalue weighted by Crippen LogP contribution is -2.37. The standard InChI is InChI=1S/C20H27N3O2S/c1-2-15-13-17(23(24)25)9-10-18(15)21-19-22(16-7-3-4-8-16)14-20(26-19)11-5-6-12-20/h9-10,13,16H,2-8,11-12,14H2,1H3. The Kier molecular flexibility index (Phi) is 4.95. The first kappa shape index (κ1) is 17.8. The van der Waals surface area contributed by atoms with Crippen LogP contribution in [0.3, 0.4) is 0 Å². The van der Waals surface area contributed by atoms with Gasteiger partial charge in [0.1, 0.15) is 0 Å². The number of non-ortho nitro benzene ring substituents is 1. The number of nitro groups is 1. The SMILES string of the molecule is CCc1cc([N+](=O)[O-])ccc1N=C1SC2(CCCC2)CN1C1CCCC1. The molecule has 0 amide bonds. The quantitative estimate of drug-likeness (QED) is 0.520. The van der Waals surface area contributed by atoms with Crippen molar-refractivity contribution in [3.05, 3.63) is 33.9 Å². The van der Waals surface area contributed by atoms with Gasteiger partial charge in [-0.3, -0.25) is 10.1 Å². The summed E-state index contributed by atoms with van der Waals surface area (Å²) in [5, 5.41) is 12.2. The smallest absolute Gasteiger partial charge is 0.269 e. The van der Waals surface area contributed by atoms with Crippen LogP contribution in [0.1, 0.15) is 63.9 Å². The highest BCUT2D eigenvalue weighted by atomic mass is 32.2. The molecule has 3 aliphatic rings. The molecule has 0 bridgehead atoms. The van der Waals surface area contributed by atoms with Gasteiger partial charge in [0.2, 0.25) is 0 Å². The molecule has 0 radical (unpaired) electrons. The summed E-state index contributed by atoms with van der Waals surface area (Å²) >= 11 is 1.98. The molecule has 1 aromatic carbocycles. The minimum Gasteiger partial charge on any atom is -0.347 e. The predicted molar refractivity (Wildman–Crippen MR) is 107 cm³/mol. The fraction of sp³-hybridized carbons (Fsp3) is 0.650. The molecule has 0 unspecified atom stereocenters. The molecule has 2 aliphatic carbocycles. The zero-order valence-corrected chi connectivity index (χ0v) is 16.3. The number of nitrogens with zero attached hydrogens (tertiary/aromatic N) is 3. The molecule has 1 saturated heterocycles. The minimum absolute atomic E-state index is 0.157. The fourth-order valence-corrected chi connectivity index (χ4v) is 6.27. The molecule has 1 aromatic rings. The normalized spacial score (nSPS) is 24.2. The predicted octanol–water partition coefficient (Wildman–Crippen LogP) is 5.45. The maximum atomic E-state index is 11.1. The van der Waals surface area contributed by atoms with Crippen LogP contribution in [-0.2, 0) is 6.42 Å².